The Hall–Kier alpha value is -4.12. The third-order valence-electron chi connectivity index (χ3n) is 5.11. The average Bonchev–Trinajstić information content (AvgIpc) is 2.87. The van der Waals surface area contributed by atoms with Gasteiger partial charge in [0.2, 0.25) is 0 Å². The highest BCUT2D eigenvalue weighted by Gasteiger charge is 2.08. The lowest BCUT2D eigenvalue weighted by Crippen LogP contribution is -2.24. The molecule has 0 fully saturated rings. The van der Waals surface area contributed by atoms with Crippen molar-refractivity contribution < 1.29 is 14.3 Å². The highest BCUT2D eigenvalue weighted by atomic mass is 16.5. The summed E-state index contributed by atoms with van der Waals surface area (Å²) in [6.45, 7) is 2.55. The van der Waals surface area contributed by atoms with E-state index in [1.807, 2.05) is 78.9 Å². The maximum Gasteiger partial charge on any atom is 0.277 e. The minimum atomic E-state index is -0.338. The second-order valence-corrected chi connectivity index (χ2v) is 7.52. The number of rotatable bonds is 9. The van der Waals surface area contributed by atoms with Crippen molar-refractivity contribution in [2.24, 2.45) is 5.10 Å². The smallest absolute Gasteiger partial charge is 0.277 e. The van der Waals surface area contributed by atoms with Crippen molar-refractivity contribution in [1.29, 1.82) is 0 Å². The largest absolute Gasteiger partial charge is 0.493 e. The van der Waals surface area contributed by atoms with Crippen LogP contribution in [-0.2, 0) is 4.79 Å². The lowest BCUT2D eigenvalue weighted by atomic mass is 10.0. The van der Waals surface area contributed by atoms with Gasteiger partial charge in [0, 0.05) is 5.56 Å². The van der Waals surface area contributed by atoms with Crippen LogP contribution in [0.15, 0.2) is 96.1 Å². The lowest BCUT2D eigenvalue weighted by molar-refractivity contribution is -0.123. The minimum Gasteiger partial charge on any atom is -0.493 e. The Morgan fingerprint density at radius 1 is 0.848 bits per heavy atom. The molecule has 5 heteroatoms. The summed E-state index contributed by atoms with van der Waals surface area (Å²) < 4.78 is 11.5. The van der Waals surface area contributed by atoms with Gasteiger partial charge in [-0.15, -0.1) is 0 Å². The molecule has 0 heterocycles. The fourth-order valence-electron chi connectivity index (χ4n) is 3.47. The van der Waals surface area contributed by atoms with E-state index in [2.05, 4.69) is 29.6 Å². The number of ether oxygens (including phenoxy) is 2. The molecule has 0 aliphatic heterocycles. The van der Waals surface area contributed by atoms with Gasteiger partial charge in [0.05, 0.1) is 12.8 Å². The molecule has 1 N–H and O–H groups in total. The van der Waals surface area contributed by atoms with Crippen LogP contribution < -0.4 is 14.9 Å². The second kappa shape index (κ2) is 11.0. The molecule has 4 rings (SSSR count). The number of carbonyl (C=O) groups is 1. The van der Waals surface area contributed by atoms with Crippen molar-refractivity contribution in [1.82, 2.24) is 5.43 Å². The summed E-state index contributed by atoms with van der Waals surface area (Å²) >= 11 is 0. The zero-order chi connectivity index (χ0) is 22.9. The van der Waals surface area contributed by atoms with E-state index in [0.29, 0.717) is 12.4 Å². The predicted molar refractivity (Wildman–Crippen MR) is 133 cm³/mol. The van der Waals surface area contributed by atoms with Gasteiger partial charge in [0.1, 0.15) is 11.5 Å². The normalized spacial score (nSPS) is 10.9. The monoisotopic (exact) mass is 438 g/mol. The van der Waals surface area contributed by atoms with Crippen molar-refractivity contribution in [3.8, 4) is 22.6 Å². The topological polar surface area (TPSA) is 59.9 Å². The van der Waals surface area contributed by atoms with Crippen molar-refractivity contribution in [2.45, 2.75) is 13.3 Å². The van der Waals surface area contributed by atoms with Crippen LogP contribution in [0.25, 0.3) is 21.9 Å². The zero-order valence-corrected chi connectivity index (χ0v) is 18.5. The van der Waals surface area contributed by atoms with Crippen LogP contribution in [0.5, 0.6) is 11.5 Å². The van der Waals surface area contributed by atoms with E-state index >= 15 is 0 Å². The molecule has 0 spiro atoms. The first-order valence-electron chi connectivity index (χ1n) is 11.0. The summed E-state index contributed by atoms with van der Waals surface area (Å²) in [4.78, 5) is 12.2. The molecule has 4 aromatic carbocycles. The molecule has 0 saturated heterocycles. The highest BCUT2D eigenvalue weighted by Crippen LogP contribution is 2.27. The summed E-state index contributed by atoms with van der Waals surface area (Å²) in [5, 5.41) is 6.23. The number of benzene rings is 4. The molecule has 0 aliphatic rings. The van der Waals surface area contributed by atoms with Crippen LogP contribution in [0.3, 0.4) is 0 Å². The first-order valence-corrected chi connectivity index (χ1v) is 11.0. The van der Waals surface area contributed by atoms with Gasteiger partial charge >= 0.3 is 0 Å². The van der Waals surface area contributed by atoms with E-state index in [9.17, 15) is 4.79 Å². The molecule has 0 radical (unpaired) electrons. The van der Waals surface area contributed by atoms with Gasteiger partial charge in [-0.1, -0.05) is 79.7 Å². The predicted octanol–water partition coefficient (Wildman–Crippen LogP) is 5.82. The summed E-state index contributed by atoms with van der Waals surface area (Å²) in [7, 11) is 0. The number of nitrogens with zero attached hydrogens (tertiary/aromatic N) is 1. The SMILES string of the molecule is CCCOc1ccc2ccccc2c1/C=N/NC(=O)COc1ccc(-c2ccccc2)cc1. The number of amides is 1. The highest BCUT2D eigenvalue weighted by molar-refractivity contribution is 6.02. The Morgan fingerprint density at radius 3 is 2.36 bits per heavy atom. The van der Waals surface area contributed by atoms with Crippen LogP contribution in [0.2, 0.25) is 0 Å². The zero-order valence-electron chi connectivity index (χ0n) is 18.5. The first-order chi connectivity index (χ1) is 16.2. The molecule has 0 saturated carbocycles. The standard InChI is InChI=1S/C28H26N2O3/c1-2-18-32-27-17-14-23-10-6-7-11-25(23)26(27)19-29-30-28(31)20-33-24-15-12-22(13-16-24)21-8-4-3-5-9-21/h3-17,19H,2,18,20H2,1H3,(H,30,31)/b29-19+. The van der Waals surface area contributed by atoms with Gasteiger partial charge in [-0.25, -0.2) is 5.43 Å². The van der Waals surface area contributed by atoms with Crippen molar-refractivity contribution in [2.75, 3.05) is 13.2 Å². The summed E-state index contributed by atoms with van der Waals surface area (Å²) in [5.41, 5.74) is 5.59. The molecule has 33 heavy (non-hydrogen) atoms. The van der Waals surface area contributed by atoms with Crippen LogP contribution in [0, 0.1) is 0 Å². The second-order valence-electron chi connectivity index (χ2n) is 7.52. The van der Waals surface area contributed by atoms with Crippen LogP contribution in [0.4, 0.5) is 0 Å². The molecule has 4 aromatic rings. The molecule has 5 nitrogen and oxygen atoms in total. The van der Waals surface area contributed by atoms with Crippen molar-refractivity contribution in [3.05, 3.63) is 96.6 Å². The minimum absolute atomic E-state index is 0.128. The molecule has 0 atom stereocenters. The molecule has 0 unspecified atom stereocenters. The van der Waals surface area contributed by atoms with Gasteiger partial charge in [-0.3, -0.25) is 4.79 Å². The quantitative estimate of drug-likeness (QED) is 0.264. The van der Waals surface area contributed by atoms with E-state index in [4.69, 9.17) is 9.47 Å². The third-order valence-corrected chi connectivity index (χ3v) is 5.11. The summed E-state index contributed by atoms with van der Waals surface area (Å²) in [6, 6.07) is 29.7. The number of hydrogen-bond donors (Lipinski definition) is 1. The van der Waals surface area contributed by atoms with Crippen LogP contribution in [-0.4, -0.2) is 25.3 Å². The van der Waals surface area contributed by atoms with Crippen LogP contribution in [0.1, 0.15) is 18.9 Å². The van der Waals surface area contributed by atoms with E-state index in [1.165, 1.54) is 0 Å². The Morgan fingerprint density at radius 2 is 1.58 bits per heavy atom. The Labute approximate surface area is 193 Å². The molecular weight excluding hydrogens is 412 g/mol. The molecule has 166 valence electrons. The average molecular weight is 439 g/mol. The van der Waals surface area contributed by atoms with Crippen LogP contribution >= 0.6 is 0 Å². The molecular formula is C28H26N2O3. The first kappa shape index (κ1) is 22.1. The fourth-order valence-corrected chi connectivity index (χ4v) is 3.47. The fraction of sp³-hybridized carbons (Fsp3) is 0.143. The van der Waals surface area contributed by atoms with Gasteiger partial charge in [-0.2, -0.15) is 5.10 Å². The molecule has 0 bridgehead atoms. The van der Waals surface area contributed by atoms with E-state index in [0.717, 1.165) is 39.6 Å². The molecule has 0 aliphatic carbocycles. The van der Waals surface area contributed by atoms with E-state index in [-0.39, 0.29) is 12.5 Å². The number of fused-ring (bicyclic) bond motifs is 1. The number of hydrogen-bond acceptors (Lipinski definition) is 4. The maximum atomic E-state index is 12.2. The van der Waals surface area contributed by atoms with Gasteiger partial charge in [0.25, 0.3) is 5.91 Å². The van der Waals surface area contributed by atoms with Crippen molar-refractivity contribution in [3.63, 3.8) is 0 Å². The molecule has 0 aromatic heterocycles. The number of nitrogens with one attached hydrogen (secondary N) is 1. The summed E-state index contributed by atoms with van der Waals surface area (Å²) in [6.07, 6.45) is 2.53. The van der Waals surface area contributed by atoms with Crippen molar-refractivity contribution >= 4 is 22.9 Å². The van der Waals surface area contributed by atoms with Gasteiger partial charge < -0.3 is 9.47 Å². The molecule has 1 amide bonds. The van der Waals surface area contributed by atoms with E-state index < -0.39 is 0 Å². The maximum absolute atomic E-state index is 12.2. The Bertz CT molecular complexity index is 1240. The number of carbonyl (C=O) groups excluding carboxylic acids is 1. The van der Waals surface area contributed by atoms with E-state index in [1.54, 1.807) is 6.21 Å². The number of hydrazone groups is 1. The summed E-state index contributed by atoms with van der Waals surface area (Å²) in [5.74, 6) is 1.02. The Kier molecular flexibility index (Phi) is 7.33. The van der Waals surface area contributed by atoms with Gasteiger partial charge in [-0.05, 0) is 46.5 Å². The van der Waals surface area contributed by atoms with Gasteiger partial charge in [0.15, 0.2) is 6.61 Å². The lowest BCUT2D eigenvalue weighted by Gasteiger charge is -2.11. The Balaban J connectivity index is 1.37. The third kappa shape index (κ3) is 5.77.